The zero-order valence-corrected chi connectivity index (χ0v) is 28.5. The molecule has 0 aliphatic carbocycles. The number of carbonyl (C=O) groups excluding carboxylic acids is 1. The van der Waals surface area contributed by atoms with Gasteiger partial charge in [0.15, 0.2) is 5.82 Å². The maximum atomic E-state index is 16.9. The van der Waals surface area contributed by atoms with Crippen molar-refractivity contribution in [1.82, 2.24) is 19.8 Å². The number of hydrogen-bond donors (Lipinski definition) is 1. The van der Waals surface area contributed by atoms with Gasteiger partial charge >= 0.3 is 12.1 Å². The van der Waals surface area contributed by atoms with E-state index in [1.165, 1.54) is 6.07 Å². The predicted octanol–water partition coefficient (Wildman–Crippen LogP) is 7.65. The second-order valence-electron chi connectivity index (χ2n) is 13.7. The van der Waals surface area contributed by atoms with Crippen molar-refractivity contribution in [2.45, 2.75) is 71.1 Å². The van der Waals surface area contributed by atoms with Crippen LogP contribution < -0.4 is 9.64 Å². The molecule has 1 N–H and O–H groups in total. The summed E-state index contributed by atoms with van der Waals surface area (Å²) in [6.07, 6.45) is 3.18. The van der Waals surface area contributed by atoms with Gasteiger partial charge in [-0.3, -0.25) is 4.90 Å². The molecule has 3 heterocycles. The Morgan fingerprint density at radius 3 is 2.51 bits per heavy atom. The lowest BCUT2D eigenvalue weighted by Crippen LogP contribution is -2.57. The number of phenols is 1. The molecule has 2 saturated heterocycles. The number of rotatable bonds is 9. The predicted molar refractivity (Wildman–Crippen MR) is 184 cm³/mol. The Labute approximate surface area is 280 Å². The van der Waals surface area contributed by atoms with Crippen molar-refractivity contribution in [3.63, 3.8) is 0 Å². The highest BCUT2D eigenvalue weighted by Crippen LogP contribution is 2.43. The summed E-state index contributed by atoms with van der Waals surface area (Å²) in [7, 11) is 2.07. The van der Waals surface area contributed by atoms with Crippen molar-refractivity contribution in [3.05, 3.63) is 53.3 Å². The van der Waals surface area contributed by atoms with Gasteiger partial charge in [-0.25, -0.2) is 9.18 Å². The van der Waals surface area contributed by atoms with Crippen LogP contribution in [0.4, 0.5) is 15.0 Å². The van der Waals surface area contributed by atoms with E-state index in [9.17, 15) is 9.90 Å². The summed E-state index contributed by atoms with van der Waals surface area (Å²) in [6.45, 7) is 11.0. The normalized spacial score (nSPS) is 18.0. The van der Waals surface area contributed by atoms with Gasteiger partial charge in [0, 0.05) is 30.6 Å². The van der Waals surface area contributed by atoms with Crippen molar-refractivity contribution < 1.29 is 23.8 Å². The Bertz CT molecular complexity index is 1780. The molecular weight excluding hydrogens is 621 g/mol. The first kappa shape index (κ1) is 33.0. The van der Waals surface area contributed by atoms with Gasteiger partial charge in [0.25, 0.3) is 0 Å². The molecule has 250 valence electrons. The number of nitrogens with zero attached hydrogens (tertiary/aromatic N) is 5. The number of halogens is 2. The minimum Gasteiger partial charge on any atom is -0.508 e. The first-order valence-corrected chi connectivity index (χ1v) is 16.8. The first-order valence-electron chi connectivity index (χ1n) is 16.4. The summed E-state index contributed by atoms with van der Waals surface area (Å²) < 4.78 is 28.7. The van der Waals surface area contributed by atoms with Gasteiger partial charge in [0.05, 0.1) is 23.7 Å². The van der Waals surface area contributed by atoms with Crippen LogP contribution in [0.3, 0.4) is 0 Å². The third-order valence-corrected chi connectivity index (χ3v) is 9.16. The number of fused-ring (bicyclic) bond motifs is 4. The zero-order valence-electron chi connectivity index (χ0n) is 27.7. The molecule has 2 aliphatic heterocycles. The smallest absolute Gasteiger partial charge is 0.410 e. The van der Waals surface area contributed by atoms with Gasteiger partial charge in [-0.15, -0.1) is 0 Å². The molecule has 2 fully saturated rings. The lowest BCUT2D eigenvalue weighted by molar-refractivity contribution is 0.0122. The monoisotopic (exact) mass is 663 g/mol. The number of benzene rings is 3. The van der Waals surface area contributed by atoms with Gasteiger partial charge in [-0.05, 0) is 94.6 Å². The van der Waals surface area contributed by atoms with Crippen molar-refractivity contribution in [2.75, 3.05) is 44.7 Å². The van der Waals surface area contributed by atoms with Crippen LogP contribution in [0.5, 0.6) is 11.8 Å². The molecule has 2 bridgehead atoms. The molecule has 2 atom stereocenters. The van der Waals surface area contributed by atoms with E-state index in [1.807, 2.05) is 49.9 Å². The van der Waals surface area contributed by atoms with Crippen molar-refractivity contribution in [3.8, 4) is 22.9 Å². The zero-order chi connectivity index (χ0) is 33.5. The van der Waals surface area contributed by atoms with Gasteiger partial charge < -0.3 is 24.4 Å². The van der Waals surface area contributed by atoms with Gasteiger partial charge in [-0.2, -0.15) is 9.97 Å². The fraction of sp³-hybridized carbons (Fsp3) is 0.472. The summed E-state index contributed by atoms with van der Waals surface area (Å²) in [4.78, 5) is 28.8. The van der Waals surface area contributed by atoms with E-state index in [0.29, 0.717) is 36.5 Å². The van der Waals surface area contributed by atoms with E-state index in [4.69, 9.17) is 26.1 Å². The van der Waals surface area contributed by atoms with Crippen LogP contribution >= 0.6 is 11.6 Å². The average molecular weight is 664 g/mol. The molecule has 4 aromatic rings. The number of hydrogen-bond acceptors (Lipinski definition) is 8. The van der Waals surface area contributed by atoms with E-state index < -0.39 is 11.4 Å². The lowest BCUT2D eigenvalue weighted by atomic mass is 9.96. The number of aromatic nitrogens is 2. The van der Waals surface area contributed by atoms with E-state index >= 15 is 4.39 Å². The molecular formula is C36H43ClFN5O4. The number of piperazine rings is 1. The van der Waals surface area contributed by atoms with Crippen LogP contribution in [-0.2, 0) is 4.74 Å². The van der Waals surface area contributed by atoms with E-state index in [2.05, 4.69) is 28.8 Å². The summed E-state index contributed by atoms with van der Waals surface area (Å²) >= 11 is 6.90. The van der Waals surface area contributed by atoms with E-state index in [-0.39, 0.29) is 46.0 Å². The van der Waals surface area contributed by atoms with Crippen LogP contribution in [0.25, 0.3) is 32.8 Å². The lowest BCUT2D eigenvalue weighted by Gasteiger charge is -2.42. The summed E-state index contributed by atoms with van der Waals surface area (Å²) in [5.41, 5.74) is 0.108. The van der Waals surface area contributed by atoms with Crippen molar-refractivity contribution in [2.24, 2.45) is 0 Å². The molecule has 1 amide bonds. The second-order valence-corrected chi connectivity index (χ2v) is 14.1. The minimum atomic E-state index is -0.616. The Kier molecular flexibility index (Phi) is 9.36. The van der Waals surface area contributed by atoms with Crippen LogP contribution in [0, 0.1) is 5.82 Å². The maximum Gasteiger partial charge on any atom is 0.410 e. The van der Waals surface area contributed by atoms with Crippen LogP contribution in [0.15, 0.2) is 42.5 Å². The highest BCUT2D eigenvalue weighted by atomic mass is 35.5. The first-order chi connectivity index (χ1) is 22.4. The Hall–Kier alpha value is -3.89. The fourth-order valence-electron chi connectivity index (χ4n) is 6.89. The SMILES string of the molecule is CCCN(C)CCCOc1nc(N2CC3CCC(C2)N3C(=O)OC(C)(C)C)c2cc(Cl)c(-c3cc(O)cc4ccccc34)c(F)c2n1. The average Bonchev–Trinajstić information content (AvgIpc) is 3.28. The van der Waals surface area contributed by atoms with Gasteiger partial charge in [-0.1, -0.05) is 42.8 Å². The van der Waals surface area contributed by atoms with Gasteiger partial charge in [0.1, 0.15) is 22.7 Å². The van der Waals surface area contributed by atoms with Crippen molar-refractivity contribution >= 4 is 45.2 Å². The van der Waals surface area contributed by atoms with Crippen LogP contribution in [0.2, 0.25) is 5.02 Å². The topological polar surface area (TPSA) is 91.3 Å². The summed E-state index contributed by atoms with van der Waals surface area (Å²) in [5, 5.41) is 12.7. The standard InChI is InChI=1S/C36H43ClFN5O4/c1-6-14-41(5)15-9-16-46-34-39-32-28(19-29(37)30(31(32)38)27-18-25(44)17-22-10-7-8-11-26(22)27)33(40-34)42-20-23-12-13-24(21-42)43(23)35(45)47-36(2,3)4/h7-8,10-11,17-19,23-24,44H,6,9,12-16,20-21H2,1-5H3. The largest absolute Gasteiger partial charge is 0.508 e. The van der Waals surface area contributed by atoms with Crippen molar-refractivity contribution in [1.29, 1.82) is 0 Å². The van der Waals surface area contributed by atoms with E-state index in [0.717, 1.165) is 49.5 Å². The highest BCUT2D eigenvalue weighted by molar-refractivity contribution is 6.35. The van der Waals surface area contributed by atoms with Gasteiger partial charge in [0.2, 0.25) is 0 Å². The van der Waals surface area contributed by atoms with Crippen LogP contribution in [-0.4, -0.2) is 88.5 Å². The molecule has 1 aromatic heterocycles. The Balaban J connectivity index is 1.41. The number of amides is 1. The summed E-state index contributed by atoms with van der Waals surface area (Å²) in [5.74, 6) is -0.0928. The molecule has 0 saturated carbocycles. The molecule has 9 nitrogen and oxygen atoms in total. The third kappa shape index (κ3) is 6.90. The molecule has 2 aliphatic rings. The highest BCUT2D eigenvalue weighted by Gasteiger charge is 2.45. The Morgan fingerprint density at radius 1 is 1.09 bits per heavy atom. The Morgan fingerprint density at radius 2 is 1.81 bits per heavy atom. The molecule has 0 radical (unpaired) electrons. The fourth-order valence-corrected chi connectivity index (χ4v) is 7.19. The maximum absolute atomic E-state index is 16.9. The molecule has 11 heteroatoms. The summed E-state index contributed by atoms with van der Waals surface area (Å²) in [6, 6.07) is 12.3. The van der Waals surface area contributed by atoms with E-state index in [1.54, 1.807) is 12.1 Å². The molecule has 2 unspecified atom stereocenters. The molecule has 47 heavy (non-hydrogen) atoms. The second kappa shape index (κ2) is 13.3. The molecule has 3 aromatic carbocycles. The van der Waals surface area contributed by atoms with Crippen LogP contribution in [0.1, 0.15) is 53.4 Å². The number of carbonyl (C=O) groups is 1. The molecule has 0 spiro atoms. The molecule has 6 rings (SSSR count). The minimum absolute atomic E-state index is 0.00744. The third-order valence-electron chi connectivity index (χ3n) is 8.86. The quantitative estimate of drug-likeness (QED) is 0.183. The number of aromatic hydroxyl groups is 1. The number of phenolic OH excluding ortho intramolecular Hbond substituents is 1. The number of ether oxygens (including phenoxy) is 2. The number of anilines is 1.